The summed E-state index contributed by atoms with van der Waals surface area (Å²) in [5, 5.41) is 11.1. The van der Waals surface area contributed by atoms with Crippen molar-refractivity contribution in [1.29, 1.82) is 0 Å². The zero-order valence-corrected chi connectivity index (χ0v) is 15.8. The molecule has 10 heteroatoms. The molecule has 0 bridgehead atoms. The zero-order chi connectivity index (χ0) is 20.8. The van der Waals surface area contributed by atoms with Gasteiger partial charge in [0.15, 0.2) is 0 Å². The Morgan fingerprint density at radius 3 is 2.79 bits per heavy atom. The van der Waals surface area contributed by atoms with Gasteiger partial charge in [-0.05, 0) is 6.07 Å². The van der Waals surface area contributed by atoms with Gasteiger partial charge in [0.2, 0.25) is 5.91 Å². The van der Waals surface area contributed by atoms with Crippen molar-refractivity contribution in [3.63, 3.8) is 0 Å². The van der Waals surface area contributed by atoms with Crippen molar-refractivity contribution in [3.8, 4) is 11.3 Å². The van der Waals surface area contributed by atoms with Crippen LogP contribution in [0.3, 0.4) is 0 Å². The molecule has 3 aromatic heterocycles. The maximum Gasteiger partial charge on any atom is 0.290 e. The number of pyridine rings is 1. The maximum absolute atomic E-state index is 12.7. The number of aromatic nitrogens is 5. The van der Waals surface area contributed by atoms with Crippen LogP contribution in [0, 0.1) is 0 Å². The van der Waals surface area contributed by atoms with Gasteiger partial charge in [0.05, 0.1) is 17.6 Å². The van der Waals surface area contributed by atoms with E-state index in [9.17, 15) is 9.59 Å². The van der Waals surface area contributed by atoms with Crippen molar-refractivity contribution in [2.24, 2.45) is 7.05 Å². The van der Waals surface area contributed by atoms with Gasteiger partial charge in [-0.1, -0.05) is 6.07 Å². The third kappa shape index (κ3) is 4.54. The molecule has 4 rings (SSSR count). The maximum atomic E-state index is 12.7. The van der Waals surface area contributed by atoms with Crippen LogP contribution in [-0.2, 0) is 36.1 Å². The lowest BCUT2D eigenvalue weighted by molar-refractivity contribution is -0.132. The molecule has 0 aromatic carbocycles. The largest absolute Gasteiger partial charge is 0.483 e. The fraction of sp³-hybridized carbons (Fsp3) is 0.263. The molecule has 0 spiro atoms. The molecule has 1 aliphatic heterocycles. The molecule has 10 nitrogen and oxygen atoms in total. The van der Waals surface area contributed by atoms with E-state index in [1.54, 1.807) is 40.4 Å². The summed E-state index contributed by atoms with van der Waals surface area (Å²) in [5.74, 6) is -0.0926. The molecular formula is C19H20N6O4. The number of hydrogen-bond donors (Lipinski definition) is 1. The average Bonchev–Trinajstić information content (AvgIpc) is 3.15. The Morgan fingerprint density at radius 1 is 1.31 bits per heavy atom. The van der Waals surface area contributed by atoms with E-state index in [1.807, 2.05) is 13.2 Å². The quantitative estimate of drug-likeness (QED) is 0.633. The highest BCUT2D eigenvalue weighted by Crippen LogP contribution is 2.27. The monoisotopic (exact) mass is 396 g/mol. The first-order valence-electron chi connectivity index (χ1n) is 8.86. The first-order valence-corrected chi connectivity index (χ1v) is 8.86. The standard InChI is InChI=1S/C18H18N6O2.CH2O2/c1-22-9-13(8-21-22)18-14-10-24(7-5-15(14)19-12-20-18)17(26)11-23-6-3-2-4-16(23)25;2-1-3/h2-4,6,8-9,12H,5,7,10-11H2,1H3;1H,(H,2,3). The summed E-state index contributed by atoms with van der Waals surface area (Å²) in [5.41, 5.74) is 3.43. The highest BCUT2D eigenvalue weighted by Gasteiger charge is 2.25. The summed E-state index contributed by atoms with van der Waals surface area (Å²) in [6.45, 7) is 0.794. The van der Waals surface area contributed by atoms with Gasteiger partial charge >= 0.3 is 0 Å². The first kappa shape index (κ1) is 19.9. The van der Waals surface area contributed by atoms with Crippen LogP contribution < -0.4 is 5.56 Å². The predicted octanol–water partition coefficient (Wildman–Crippen LogP) is 0.325. The minimum absolute atomic E-state index is 0.0327. The van der Waals surface area contributed by atoms with Gasteiger partial charge in [0.1, 0.15) is 12.9 Å². The van der Waals surface area contributed by atoms with Gasteiger partial charge in [-0.3, -0.25) is 19.1 Å². The third-order valence-corrected chi connectivity index (χ3v) is 4.54. The zero-order valence-electron chi connectivity index (χ0n) is 15.8. The lowest BCUT2D eigenvalue weighted by atomic mass is 10.0. The summed E-state index contributed by atoms with van der Waals surface area (Å²) < 4.78 is 3.14. The molecule has 0 saturated heterocycles. The lowest BCUT2D eigenvalue weighted by Crippen LogP contribution is -2.40. The van der Waals surface area contributed by atoms with Crippen molar-refractivity contribution in [2.75, 3.05) is 6.54 Å². The van der Waals surface area contributed by atoms with E-state index in [0.717, 1.165) is 22.5 Å². The molecule has 1 amide bonds. The van der Waals surface area contributed by atoms with E-state index < -0.39 is 0 Å². The molecule has 0 saturated carbocycles. The first-order chi connectivity index (χ1) is 14.0. The van der Waals surface area contributed by atoms with E-state index >= 15 is 0 Å². The predicted molar refractivity (Wildman–Crippen MR) is 103 cm³/mol. The molecule has 1 aliphatic rings. The number of hydrogen-bond acceptors (Lipinski definition) is 6. The SMILES string of the molecule is Cn1cc(-c2ncnc3c2CN(C(=O)Cn2ccccc2=O)CC3)cn1.O=CO. The van der Waals surface area contributed by atoms with E-state index in [2.05, 4.69) is 15.1 Å². The molecule has 4 heterocycles. The molecule has 0 aliphatic carbocycles. The molecule has 150 valence electrons. The Bertz CT molecular complexity index is 1070. The molecular weight excluding hydrogens is 376 g/mol. The number of rotatable bonds is 3. The van der Waals surface area contributed by atoms with Gasteiger partial charge in [-0.15, -0.1) is 0 Å². The van der Waals surface area contributed by atoms with Crippen molar-refractivity contribution in [2.45, 2.75) is 19.5 Å². The highest BCUT2D eigenvalue weighted by molar-refractivity contribution is 5.77. The Balaban J connectivity index is 0.000000755. The lowest BCUT2D eigenvalue weighted by Gasteiger charge is -2.29. The number of fused-ring (bicyclic) bond motifs is 1. The molecule has 1 N–H and O–H groups in total. The van der Waals surface area contributed by atoms with Crippen molar-refractivity contribution in [3.05, 3.63) is 64.7 Å². The number of amides is 1. The second kappa shape index (κ2) is 8.91. The second-order valence-electron chi connectivity index (χ2n) is 6.39. The number of carbonyl (C=O) groups is 2. The van der Waals surface area contributed by atoms with Crippen LogP contribution in [0.4, 0.5) is 0 Å². The average molecular weight is 396 g/mol. The van der Waals surface area contributed by atoms with Crippen LogP contribution in [-0.4, -0.2) is 53.2 Å². The van der Waals surface area contributed by atoms with Gasteiger partial charge in [0.25, 0.3) is 12.0 Å². The summed E-state index contributed by atoms with van der Waals surface area (Å²) in [7, 11) is 1.85. The molecule has 3 aromatic rings. The topological polar surface area (TPSA) is 123 Å². The van der Waals surface area contributed by atoms with Gasteiger partial charge in [-0.2, -0.15) is 5.10 Å². The van der Waals surface area contributed by atoms with Crippen molar-refractivity contribution < 1.29 is 14.7 Å². The fourth-order valence-electron chi connectivity index (χ4n) is 3.18. The van der Waals surface area contributed by atoms with Crippen molar-refractivity contribution in [1.82, 2.24) is 29.2 Å². The minimum Gasteiger partial charge on any atom is -0.483 e. The van der Waals surface area contributed by atoms with Crippen LogP contribution in [0.15, 0.2) is 47.9 Å². The number of carbonyl (C=O) groups excluding carboxylic acids is 1. The van der Waals surface area contributed by atoms with Gasteiger partial charge in [0, 0.05) is 56.1 Å². The highest BCUT2D eigenvalue weighted by atomic mass is 16.3. The number of nitrogens with zero attached hydrogens (tertiary/aromatic N) is 6. The smallest absolute Gasteiger partial charge is 0.290 e. The molecule has 29 heavy (non-hydrogen) atoms. The molecule has 0 radical (unpaired) electrons. The number of carboxylic acid groups (broad SMARTS) is 1. The Kier molecular flexibility index (Phi) is 6.12. The summed E-state index contributed by atoms with van der Waals surface area (Å²) in [6.07, 6.45) is 7.50. The molecule has 0 fully saturated rings. The van der Waals surface area contributed by atoms with E-state index in [1.165, 1.54) is 10.6 Å². The normalized spacial score (nSPS) is 12.5. The van der Waals surface area contributed by atoms with Crippen LogP contribution in [0.1, 0.15) is 11.3 Å². The van der Waals surface area contributed by atoms with Crippen molar-refractivity contribution >= 4 is 12.4 Å². The van der Waals surface area contributed by atoms with E-state index in [-0.39, 0.29) is 24.5 Å². The van der Waals surface area contributed by atoms with Crippen LogP contribution in [0.5, 0.6) is 0 Å². The van der Waals surface area contributed by atoms with Crippen LogP contribution in [0.25, 0.3) is 11.3 Å². The minimum atomic E-state index is -0.250. The molecule has 0 unspecified atom stereocenters. The third-order valence-electron chi connectivity index (χ3n) is 4.54. The Hall–Kier alpha value is -3.82. The van der Waals surface area contributed by atoms with Crippen LogP contribution >= 0.6 is 0 Å². The van der Waals surface area contributed by atoms with Gasteiger partial charge < -0.3 is 14.6 Å². The summed E-state index contributed by atoms with van der Waals surface area (Å²) in [6, 6.07) is 4.86. The fourth-order valence-corrected chi connectivity index (χ4v) is 3.18. The number of aryl methyl sites for hydroxylation is 1. The van der Waals surface area contributed by atoms with E-state index in [4.69, 9.17) is 9.90 Å². The second-order valence-corrected chi connectivity index (χ2v) is 6.39. The summed E-state index contributed by atoms with van der Waals surface area (Å²) in [4.78, 5) is 43.4. The Morgan fingerprint density at radius 2 is 2.10 bits per heavy atom. The van der Waals surface area contributed by atoms with Gasteiger partial charge in [-0.25, -0.2) is 9.97 Å². The summed E-state index contributed by atoms with van der Waals surface area (Å²) >= 11 is 0. The van der Waals surface area contributed by atoms with Crippen LogP contribution in [0.2, 0.25) is 0 Å². The molecule has 0 atom stereocenters. The van der Waals surface area contributed by atoms with E-state index in [0.29, 0.717) is 19.5 Å². The Labute approximate surface area is 166 Å².